The standard InChI is InChI=1S/C19H24N2O2/c1-13-5-6-15-16(21-13)7-8-17-18(15)23-14(12-22-17)11-19(20)9-3-2-4-10-19/h5-8,14H,2-4,9-12,20H2,1H3/t14-/m0/s1. The first-order valence-electron chi connectivity index (χ1n) is 8.62. The van der Waals surface area contributed by atoms with Gasteiger partial charge in [-0.15, -0.1) is 0 Å². The van der Waals surface area contributed by atoms with Gasteiger partial charge in [-0.2, -0.15) is 0 Å². The van der Waals surface area contributed by atoms with Crippen LogP contribution in [0.15, 0.2) is 24.3 Å². The minimum Gasteiger partial charge on any atom is -0.486 e. The average molecular weight is 312 g/mol. The topological polar surface area (TPSA) is 57.4 Å². The van der Waals surface area contributed by atoms with Crippen molar-refractivity contribution in [2.45, 2.75) is 57.1 Å². The normalized spacial score (nSPS) is 23.0. The molecule has 0 saturated heterocycles. The van der Waals surface area contributed by atoms with E-state index in [0.717, 1.165) is 47.4 Å². The van der Waals surface area contributed by atoms with E-state index >= 15 is 0 Å². The van der Waals surface area contributed by atoms with Gasteiger partial charge in [-0.25, -0.2) is 0 Å². The highest BCUT2D eigenvalue weighted by molar-refractivity contribution is 5.88. The summed E-state index contributed by atoms with van der Waals surface area (Å²) in [7, 11) is 0. The van der Waals surface area contributed by atoms with E-state index in [-0.39, 0.29) is 11.6 Å². The Morgan fingerprint density at radius 2 is 2.00 bits per heavy atom. The van der Waals surface area contributed by atoms with Crippen molar-refractivity contribution in [1.82, 2.24) is 4.98 Å². The van der Waals surface area contributed by atoms with E-state index in [1.165, 1.54) is 19.3 Å². The highest BCUT2D eigenvalue weighted by Gasteiger charge is 2.34. The quantitative estimate of drug-likeness (QED) is 0.918. The number of ether oxygens (including phenoxy) is 2. The molecule has 4 nitrogen and oxygen atoms in total. The molecule has 2 N–H and O–H groups in total. The zero-order valence-corrected chi connectivity index (χ0v) is 13.7. The Morgan fingerprint density at radius 1 is 1.17 bits per heavy atom. The van der Waals surface area contributed by atoms with Crippen LogP contribution >= 0.6 is 0 Å². The van der Waals surface area contributed by atoms with Crippen molar-refractivity contribution in [3.8, 4) is 11.5 Å². The summed E-state index contributed by atoms with van der Waals surface area (Å²) in [4.78, 5) is 4.58. The van der Waals surface area contributed by atoms with Crippen LogP contribution in [0.3, 0.4) is 0 Å². The van der Waals surface area contributed by atoms with Crippen LogP contribution in [0.4, 0.5) is 0 Å². The molecule has 2 aliphatic rings. The van der Waals surface area contributed by atoms with Crippen LogP contribution in [0.25, 0.3) is 10.9 Å². The molecule has 0 unspecified atom stereocenters. The fourth-order valence-corrected chi connectivity index (χ4v) is 3.89. The van der Waals surface area contributed by atoms with Gasteiger partial charge in [0.25, 0.3) is 0 Å². The van der Waals surface area contributed by atoms with Crippen LogP contribution in [-0.4, -0.2) is 23.2 Å². The van der Waals surface area contributed by atoms with Crippen molar-refractivity contribution in [2.75, 3.05) is 6.61 Å². The lowest BCUT2D eigenvalue weighted by molar-refractivity contribution is 0.0609. The van der Waals surface area contributed by atoms with Gasteiger partial charge in [0.15, 0.2) is 11.5 Å². The van der Waals surface area contributed by atoms with Crippen LogP contribution < -0.4 is 15.2 Å². The van der Waals surface area contributed by atoms with E-state index in [4.69, 9.17) is 15.2 Å². The summed E-state index contributed by atoms with van der Waals surface area (Å²) in [5.41, 5.74) is 8.46. The molecule has 4 rings (SSSR count). The molecule has 0 amide bonds. The molecule has 0 radical (unpaired) electrons. The van der Waals surface area contributed by atoms with E-state index in [2.05, 4.69) is 11.1 Å². The molecule has 1 aromatic heterocycles. The van der Waals surface area contributed by atoms with Crippen molar-refractivity contribution in [2.24, 2.45) is 5.73 Å². The molecule has 1 aromatic carbocycles. The molecule has 0 bridgehead atoms. The lowest BCUT2D eigenvalue weighted by Gasteiger charge is -2.38. The van der Waals surface area contributed by atoms with E-state index in [1.807, 2.05) is 25.1 Å². The van der Waals surface area contributed by atoms with Gasteiger partial charge in [-0.3, -0.25) is 4.98 Å². The number of pyridine rings is 1. The maximum Gasteiger partial charge on any atom is 0.171 e. The average Bonchev–Trinajstić information content (AvgIpc) is 2.54. The Bertz CT molecular complexity index is 723. The van der Waals surface area contributed by atoms with E-state index in [0.29, 0.717) is 6.61 Å². The number of nitrogens with two attached hydrogens (primary N) is 1. The maximum absolute atomic E-state index is 6.59. The van der Waals surface area contributed by atoms with Crippen molar-refractivity contribution in [3.05, 3.63) is 30.0 Å². The summed E-state index contributed by atoms with van der Waals surface area (Å²) in [6.45, 7) is 2.58. The van der Waals surface area contributed by atoms with E-state index in [1.54, 1.807) is 0 Å². The van der Waals surface area contributed by atoms with Crippen molar-refractivity contribution < 1.29 is 9.47 Å². The van der Waals surface area contributed by atoms with Crippen LogP contribution in [0, 0.1) is 6.92 Å². The molecule has 1 aliphatic heterocycles. The fraction of sp³-hybridized carbons (Fsp3) is 0.526. The van der Waals surface area contributed by atoms with Crippen LogP contribution in [-0.2, 0) is 0 Å². The minimum atomic E-state index is -0.0940. The zero-order valence-electron chi connectivity index (χ0n) is 13.7. The summed E-state index contributed by atoms with van der Waals surface area (Å²) in [5.74, 6) is 1.64. The van der Waals surface area contributed by atoms with Gasteiger partial charge >= 0.3 is 0 Å². The highest BCUT2D eigenvalue weighted by atomic mass is 16.6. The van der Waals surface area contributed by atoms with Gasteiger partial charge in [-0.05, 0) is 44.0 Å². The number of rotatable bonds is 2. The number of aromatic nitrogens is 1. The third-order valence-corrected chi connectivity index (χ3v) is 5.12. The Kier molecular flexibility index (Phi) is 3.64. The molecular weight excluding hydrogens is 288 g/mol. The number of nitrogens with zero attached hydrogens (tertiary/aromatic N) is 1. The van der Waals surface area contributed by atoms with Crippen molar-refractivity contribution in [1.29, 1.82) is 0 Å². The Hall–Kier alpha value is -1.81. The zero-order chi connectivity index (χ0) is 15.9. The second-order valence-corrected chi connectivity index (χ2v) is 7.09. The number of benzene rings is 1. The third-order valence-electron chi connectivity index (χ3n) is 5.12. The van der Waals surface area contributed by atoms with Gasteiger partial charge in [0.05, 0.1) is 5.52 Å². The van der Waals surface area contributed by atoms with Gasteiger partial charge in [-0.1, -0.05) is 19.3 Å². The van der Waals surface area contributed by atoms with Crippen LogP contribution in [0.2, 0.25) is 0 Å². The Balaban J connectivity index is 1.60. The largest absolute Gasteiger partial charge is 0.486 e. The molecular formula is C19H24N2O2. The molecule has 1 aliphatic carbocycles. The Labute approximate surface area is 137 Å². The number of hydrogen-bond donors (Lipinski definition) is 1. The molecule has 4 heteroatoms. The molecule has 0 spiro atoms. The summed E-state index contributed by atoms with van der Waals surface area (Å²) >= 11 is 0. The first-order valence-corrected chi connectivity index (χ1v) is 8.62. The van der Waals surface area contributed by atoms with Gasteiger partial charge in [0, 0.05) is 23.0 Å². The molecule has 2 heterocycles. The first kappa shape index (κ1) is 14.8. The number of aryl methyl sites for hydroxylation is 1. The second-order valence-electron chi connectivity index (χ2n) is 7.09. The minimum absolute atomic E-state index is 0.0255. The molecule has 1 fully saturated rings. The van der Waals surface area contributed by atoms with Gasteiger partial charge in [0.1, 0.15) is 12.7 Å². The summed E-state index contributed by atoms with van der Waals surface area (Å²) < 4.78 is 12.3. The number of hydrogen-bond acceptors (Lipinski definition) is 4. The van der Waals surface area contributed by atoms with E-state index < -0.39 is 0 Å². The van der Waals surface area contributed by atoms with Crippen LogP contribution in [0.1, 0.15) is 44.2 Å². The van der Waals surface area contributed by atoms with Crippen LogP contribution in [0.5, 0.6) is 11.5 Å². The predicted molar refractivity (Wildman–Crippen MR) is 91.0 cm³/mol. The highest BCUT2D eigenvalue weighted by Crippen LogP contribution is 2.40. The smallest absolute Gasteiger partial charge is 0.171 e. The van der Waals surface area contributed by atoms with Gasteiger partial charge < -0.3 is 15.2 Å². The summed E-state index contributed by atoms with van der Waals surface area (Å²) in [6.07, 6.45) is 6.84. The maximum atomic E-state index is 6.59. The predicted octanol–water partition coefficient (Wildman–Crippen LogP) is 3.73. The third kappa shape index (κ3) is 2.88. The summed E-state index contributed by atoms with van der Waals surface area (Å²) in [6, 6.07) is 8.04. The fourth-order valence-electron chi connectivity index (χ4n) is 3.89. The lowest BCUT2D eigenvalue weighted by Crippen LogP contribution is -2.47. The monoisotopic (exact) mass is 312 g/mol. The summed E-state index contributed by atoms with van der Waals surface area (Å²) in [5, 5.41) is 1.02. The van der Waals surface area contributed by atoms with Crippen molar-refractivity contribution in [3.63, 3.8) is 0 Å². The molecule has 23 heavy (non-hydrogen) atoms. The van der Waals surface area contributed by atoms with E-state index in [9.17, 15) is 0 Å². The SMILES string of the molecule is Cc1ccc2c3c(ccc2n1)OC[C@H](CC1(N)CCCCC1)O3. The Morgan fingerprint density at radius 3 is 2.83 bits per heavy atom. The first-order chi connectivity index (χ1) is 11.1. The second kappa shape index (κ2) is 5.68. The molecule has 1 saturated carbocycles. The molecule has 1 atom stereocenters. The molecule has 122 valence electrons. The number of fused-ring (bicyclic) bond motifs is 3. The van der Waals surface area contributed by atoms with Gasteiger partial charge in [0.2, 0.25) is 0 Å². The van der Waals surface area contributed by atoms with Crippen molar-refractivity contribution >= 4 is 10.9 Å². The lowest BCUT2D eigenvalue weighted by atomic mass is 9.79. The molecule has 2 aromatic rings.